The Balaban J connectivity index is 1.92. The molecule has 3 nitrogen and oxygen atoms in total. The Morgan fingerprint density at radius 2 is 2.33 bits per heavy atom. The Kier molecular flexibility index (Phi) is 3.17. The van der Waals surface area contributed by atoms with Gasteiger partial charge in [-0.05, 0) is 19.9 Å². The van der Waals surface area contributed by atoms with Crippen LogP contribution in [0.4, 0.5) is 0 Å². The fourth-order valence-electron chi connectivity index (χ4n) is 1.60. The highest BCUT2D eigenvalue weighted by Crippen LogP contribution is 2.21. The quantitative estimate of drug-likeness (QED) is 0.796. The number of carbonyl (C=O) groups excluding carboxylic acids is 1. The molecule has 0 aromatic carbocycles. The minimum atomic E-state index is 0.216. The monoisotopic (exact) mass is 225 g/mol. The molecule has 0 saturated carbocycles. The molecule has 2 heterocycles. The lowest BCUT2D eigenvalue weighted by molar-refractivity contribution is 0.0455. The highest BCUT2D eigenvalue weighted by Gasteiger charge is 2.21. The number of H-pyrrole nitrogens is 1. The maximum atomic E-state index is 11.8. The highest BCUT2D eigenvalue weighted by molar-refractivity contribution is 8.00. The van der Waals surface area contributed by atoms with Gasteiger partial charge in [0.05, 0.1) is 24.2 Å². The van der Waals surface area contributed by atoms with Gasteiger partial charge in [-0.3, -0.25) is 4.79 Å². The molecule has 1 aromatic rings. The summed E-state index contributed by atoms with van der Waals surface area (Å²) in [5.74, 6) is 0.778. The first-order chi connectivity index (χ1) is 7.16. The van der Waals surface area contributed by atoms with Crippen LogP contribution >= 0.6 is 11.8 Å². The van der Waals surface area contributed by atoms with E-state index in [1.54, 1.807) is 11.8 Å². The van der Waals surface area contributed by atoms with Gasteiger partial charge >= 0.3 is 0 Å². The Bertz CT molecular complexity index is 369. The zero-order chi connectivity index (χ0) is 10.8. The number of rotatable bonds is 4. The predicted molar refractivity (Wildman–Crippen MR) is 61.7 cm³/mol. The van der Waals surface area contributed by atoms with Gasteiger partial charge < -0.3 is 9.72 Å². The Labute approximate surface area is 93.6 Å². The van der Waals surface area contributed by atoms with Gasteiger partial charge in [-0.2, -0.15) is 0 Å². The fourth-order valence-corrected chi connectivity index (χ4v) is 2.52. The van der Waals surface area contributed by atoms with Gasteiger partial charge in [0.15, 0.2) is 5.78 Å². The first kappa shape index (κ1) is 10.8. The number of aromatic nitrogens is 1. The number of hydrogen-bond donors (Lipinski definition) is 1. The summed E-state index contributed by atoms with van der Waals surface area (Å²) in [6.07, 6.45) is 0. The molecule has 15 heavy (non-hydrogen) atoms. The topological polar surface area (TPSA) is 42.1 Å². The normalized spacial score (nSPS) is 16.4. The molecule has 0 amide bonds. The van der Waals surface area contributed by atoms with Crippen molar-refractivity contribution >= 4 is 17.5 Å². The Morgan fingerprint density at radius 1 is 1.60 bits per heavy atom. The van der Waals surface area contributed by atoms with E-state index in [-0.39, 0.29) is 5.78 Å². The summed E-state index contributed by atoms with van der Waals surface area (Å²) in [5, 5.41) is 0.522. The second kappa shape index (κ2) is 4.41. The Morgan fingerprint density at radius 3 is 2.80 bits per heavy atom. The number of Topliss-reactive ketones (excluding diaryl/α,β-unsaturated/α-hetero) is 1. The van der Waals surface area contributed by atoms with Crippen molar-refractivity contribution in [2.75, 3.05) is 19.0 Å². The van der Waals surface area contributed by atoms with Crippen LogP contribution in [0.2, 0.25) is 0 Å². The molecule has 1 fully saturated rings. The maximum Gasteiger partial charge on any atom is 0.174 e. The third-order valence-corrected chi connectivity index (χ3v) is 3.68. The smallest absolute Gasteiger partial charge is 0.174 e. The molecular formula is C11H15NO2S. The molecule has 0 aliphatic carbocycles. The fraction of sp³-hybridized carbons (Fsp3) is 0.545. The number of aryl methyl sites for hydroxylation is 2. The van der Waals surface area contributed by atoms with Crippen molar-refractivity contribution in [1.82, 2.24) is 4.98 Å². The summed E-state index contributed by atoms with van der Waals surface area (Å²) in [5.41, 5.74) is 2.86. The van der Waals surface area contributed by atoms with E-state index < -0.39 is 0 Å². The van der Waals surface area contributed by atoms with E-state index in [1.165, 1.54) is 0 Å². The summed E-state index contributed by atoms with van der Waals surface area (Å²) in [6.45, 7) is 5.50. The van der Waals surface area contributed by atoms with E-state index >= 15 is 0 Å². The SMILES string of the molecule is Cc1cc(C(=O)CSC2COC2)c(C)[nH]1. The van der Waals surface area contributed by atoms with E-state index in [4.69, 9.17) is 4.74 Å². The molecule has 1 aliphatic rings. The summed E-state index contributed by atoms with van der Waals surface area (Å²) in [7, 11) is 0. The van der Waals surface area contributed by atoms with Gasteiger partial charge in [-0.1, -0.05) is 0 Å². The summed E-state index contributed by atoms with van der Waals surface area (Å²) in [6, 6.07) is 1.93. The maximum absolute atomic E-state index is 11.8. The molecule has 0 atom stereocenters. The minimum absolute atomic E-state index is 0.216. The van der Waals surface area contributed by atoms with Crippen LogP contribution in [0.5, 0.6) is 0 Å². The third-order valence-electron chi connectivity index (χ3n) is 2.51. The summed E-state index contributed by atoms with van der Waals surface area (Å²) < 4.78 is 5.06. The van der Waals surface area contributed by atoms with Gasteiger partial charge in [-0.25, -0.2) is 0 Å². The van der Waals surface area contributed by atoms with Gasteiger partial charge in [0.25, 0.3) is 0 Å². The molecule has 1 saturated heterocycles. The summed E-state index contributed by atoms with van der Waals surface area (Å²) >= 11 is 1.70. The van der Waals surface area contributed by atoms with Gasteiger partial charge in [0.1, 0.15) is 0 Å². The van der Waals surface area contributed by atoms with E-state index in [9.17, 15) is 4.79 Å². The Hall–Kier alpha value is -0.740. The number of aromatic amines is 1. The van der Waals surface area contributed by atoms with Crippen LogP contribution in [0.15, 0.2) is 6.07 Å². The molecule has 4 heteroatoms. The molecule has 1 aromatic heterocycles. The second-order valence-corrected chi connectivity index (χ2v) is 5.17. The van der Waals surface area contributed by atoms with Crippen LogP contribution in [0.25, 0.3) is 0 Å². The molecule has 0 bridgehead atoms. The number of carbonyl (C=O) groups is 1. The molecule has 0 unspecified atom stereocenters. The van der Waals surface area contributed by atoms with Crippen molar-refractivity contribution in [3.8, 4) is 0 Å². The van der Waals surface area contributed by atoms with E-state index in [0.717, 1.165) is 30.2 Å². The molecule has 2 rings (SSSR count). The largest absolute Gasteiger partial charge is 0.379 e. The number of hydrogen-bond acceptors (Lipinski definition) is 3. The number of thioether (sulfide) groups is 1. The van der Waals surface area contributed by atoms with Crippen LogP contribution in [-0.2, 0) is 4.74 Å². The van der Waals surface area contributed by atoms with Crippen molar-refractivity contribution in [3.05, 3.63) is 23.0 Å². The lowest BCUT2D eigenvalue weighted by Gasteiger charge is -2.24. The third kappa shape index (κ3) is 2.44. The number of nitrogens with one attached hydrogen (secondary N) is 1. The highest BCUT2D eigenvalue weighted by atomic mass is 32.2. The van der Waals surface area contributed by atoms with Crippen LogP contribution < -0.4 is 0 Å². The van der Waals surface area contributed by atoms with E-state index in [0.29, 0.717) is 11.0 Å². The number of ketones is 1. The molecule has 82 valence electrons. The molecular weight excluding hydrogens is 210 g/mol. The zero-order valence-corrected chi connectivity index (χ0v) is 9.82. The average Bonchev–Trinajstić information content (AvgIpc) is 2.42. The standard InChI is InChI=1S/C11H15NO2S/c1-7-3-10(8(2)12-7)11(13)6-15-9-4-14-5-9/h3,9,12H,4-6H2,1-2H3. The first-order valence-corrected chi connectivity index (χ1v) is 6.10. The molecule has 0 spiro atoms. The van der Waals surface area contributed by atoms with Crippen LogP contribution in [0, 0.1) is 13.8 Å². The van der Waals surface area contributed by atoms with Crippen LogP contribution in [0.3, 0.4) is 0 Å². The second-order valence-electron chi connectivity index (χ2n) is 3.88. The lowest BCUT2D eigenvalue weighted by atomic mass is 10.2. The molecule has 1 aliphatic heterocycles. The predicted octanol–water partition coefficient (Wildman–Crippen LogP) is 1.95. The first-order valence-electron chi connectivity index (χ1n) is 5.05. The van der Waals surface area contributed by atoms with Gasteiger partial charge in [0, 0.05) is 17.0 Å². The van der Waals surface area contributed by atoms with Crippen molar-refractivity contribution in [1.29, 1.82) is 0 Å². The van der Waals surface area contributed by atoms with Crippen molar-refractivity contribution in [3.63, 3.8) is 0 Å². The van der Waals surface area contributed by atoms with Crippen molar-refractivity contribution in [2.45, 2.75) is 19.1 Å². The average molecular weight is 225 g/mol. The number of ether oxygens (including phenoxy) is 1. The van der Waals surface area contributed by atoms with Crippen LogP contribution in [-0.4, -0.2) is 35.0 Å². The minimum Gasteiger partial charge on any atom is -0.379 e. The zero-order valence-electron chi connectivity index (χ0n) is 9.00. The van der Waals surface area contributed by atoms with Gasteiger partial charge in [-0.15, -0.1) is 11.8 Å². The molecule has 1 N–H and O–H groups in total. The molecule has 0 radical (unpaired) electrons. The van der Waals surface area contributed by atoms with Crippen LogP contribution in [0.1, 0.15) is 21.7 Å². The van der Waals surface area contributed by atoms with E-state index in [1.807, 2.05) is 19.9 Å². The van der Waals surface area contributed by atoms with E-state index in [2.05, 4.69) is 4.98 Å². The van der Waals surface area contributed by atoms with Crippen molar-refractivity contribution < 1.29 is 9.53 Å². The van der Waals surface area contributed by atoms with Gasteiger partial charge in [0.2, 0.25) is 0 Å². The summed E-state index contributed by atoms with van der Waals surface area (Å²) in [4.78, 5) is 15.0. The van der Waals surface area contributed by atoms with Crippen molar-refractivity contribution in [2.24, 2.45) is 0 Å². The lowest BCUT2D eigenvalue weighted by Crippen LogP contribution is -2.31.